The maximum Gasteiger partial charge on any atom is 0.426 e. The van der Waals surface area contributed by atoms with E-state index in [1.54, 1.807) is 0 Å². The van der Waals surface area contributed by atoms with Crippen molar-refractivity contribution in [1.29, 1.82) is 0 Å². The van der Waals surface area contributed by atoms with Crippen LogP contribution in [0.15, 0.2) is 0 Å². The summed E-state index contributed by atoms with van der Waals surface area (Å²) in [4.78, 5) is 0. The summed E-state index contributed by atoms with van der Waals surface area (Å²) in [6.07, 6.45) is 0. The molecule has 0 N–H and O–H groups in total. The Kier molecular flexibility index (Phi) is 5.74. The summed E-state index contributed by atoms with van der Waals surface area (Å²) >= 11 is 0. The topological polar surface area (TPSA) is 27.7 Å². The van der Waals surface area contributed by atoms with Crippen LogP contribution in [0.1, 0.15) is 0 Å². The SMILES string of the molecule is CB1OB(C)OB(C)O1.[Ar]. The van der Waals surface area contributed by atoms with Crippen LogP contribution in [0.5, 0.6) is 0 Å². The average Bonchev–Trinajstić information content (AvgIpc) is 1.59. The van der Waals surface area contributed by atoms with Gasteiger partial charge in [0.1, 0.15) is 0 Å². The van der Waals surface area contributed by atoms with E-state index in [-0.39, 0.29) is 59.1 Å². The van der Waals surface area contributed by atoms with Crippen molar-refractivity contribution in [2.45, 2.75) is 20.5 Å². The van der Waals surface area contributed by atoms with Crippen LogP contribution in [0.4, 0.5) is 0 Å². The molecule has 56 valence electrons. The molecule has 10 heavy (non-hydrogen) atoms. The third-order valence-electron chi connectivity index (χ3n) is 1.15. The smallest absolute Gasteiger partial charge is 0.426 e. The zero-order valence-corrected chi connectivity index (χ0v) is 7.02. The number of hydrogen-bond acceptors (Lipinski definition) is 3. The molecule has 0 saturated carbocycles. The van der Waals surface area contributed by atoms with Crippen molar-refractivity contribution >= 4 is 21.4 Å². The van der Waals surface area contributed by atoms with Crippen molar-refractivity contribution < 1.29 is 51.5 Å². The predicted molar refractivity (Wildman–Crippen MR) is 38.1 cm³/mol. The van der Waals surface area contributed by atoms with Gasteiger partial charge < -0.3 is 13.7 Å². The van der Waals surface area contributed by atoms with E-state index in [0.29, 0.717) is 0 Å². The molecule has 0 radical (unpaired) electrons. The van der Waals surface area contributed by atoms with Crippen LogP contribution in [0.3, 0.4) is 0 Å². The van der Waals surface area contributed by atoms with E-state index in [1.165, 1.54) is 0 Å². The van der Waals surface area contributed by atoms with Crippen molar-refractivity contribution in [2.24, 2.45) is 0 Å². The van der Waals surface area contributed by atoms with E-state index in [2.05, 4.69) is 0 Å². The Balaban J connectivity index is 0.000000810. The van der Waals surface area contributed by atoms with Crippen LogP contribution in [-0.4, -0.2) is 21.4 Å². The van der Waals surface area contributed by atoms with E-state index < -0.39 is 0 Å². The van der Waals surface area contributed by atoms with Gasteiger partial charge in [0.25, 0.3) is 0 Å². The van der Waals surface area contributed by atoms with E-state index in [1.807, 2.05) is 20.5 Å². The van der Waals surface area contributed by atoms with Crippen molar-refractivity contribution in [3.63, 3.8) is 0 Å². The van der Waals surface area contributed by atoms with Gasteiger partial charge in [-0.15, -0.1) is 0 Å². The van der Waals surface area contributed by atoms with E-state index in [9.17, 15) is 0 Å². The second-order valence-electron chi connectivity index (χ2n) is 2.11. The van der Waals surface area contributed by atoms with Gasteiger partial charge in [-0.1, -0.05) is 0 Å². The van der Waals surface area contributed by atoms with Crippen molar-refractivity contribution in [3.05, 3.63) is 0 Å². The summed E-state index contributed by atoms with van der Waals surface area (Å²) in [6, 6.07) is 0. The van der Waals surface area contributed by atoms with E-state index in [4.69, 9.17) is 13.7 Å². The number of rotatable bonds is 0. The summed E-state index contributed by atoms with van der Waals surface area (Å²) < 4.78 is 15.3. The first-order valence-corrected chi connectivity index (χ1v) is 3.15. The first-order chi connectivity index (χ1) is 4.18. The van der Waals surface area contributed by atoms with Gasteiger partial charge in [-0.3, -0.25) is 0 Å². The molecule has 0 aromatic carbocycles. The van der Waals surface area contributed by atoms with Gasteiger partial charge in [0, 0.05) is 37.7 Å². The minimum Gasteiger partial charge on any atom is -0.453 e. The van der Waals surface area contributed by atoms with Crippen molar-refractivity contribution in [3.8, 4) is 0 Å². The summed E-state index contributed by atoms with van der Waals surface area (Å²) in [5.41, 5.74) is 0. The maximum atomic E-state index is 5.11. The molecule has 7 heteroatoms. The van der Waals surface area contributed by atoms with Crippen LogP contribution in [-0.2, 0) is 13.7 Å². The van der Waals surface area contributed by atoms with E-state index >= 15 is 0 Å². The van der Waals surface area contributed by atoms with Crippen LogP contribution >= 0.6 is 0 Å². The Labute approximate surface area is 92.6 Å². The normalized spacial score (nSPS) is 18.9. The Morgan fingerprint density at radius 2 is 0.900 bits per heavy atom. The summed E-state index contributed by atoms with van der Waals surface area (Å²) in [5.74, 6) is 0. The third kappa shape index (κ3) is 3.65. The van der Waals surface area contributed by atoms with Gasteiger partial charge >= 0.3 is 21.4 Å². The fourth-order valence-corrected chi connectivity index (χ4v) is 0.906. The van der Waals surface area contributed by atoms with Crippen LogP contribution in [0.2, 0.25) is 20.5 Å². The molecule has 0 aromatic rings. The molecule has 1 rings (SSSR count). The van der Waals surface area contributed by atoms with Gasteiger partial charge in [0.15, 0.2) is 0 Å². The Morgan fingerprint density at radius 3 is 1.10 bits per heavy atom. The molecular weight excluding hydrogens is 156 g/mol. The molecule has 0 aromatic heterocycles. The Hall–Kier alpha value is 1.33. The van der Waals surface area contributed by atoms with Crippen molar-refractivity contribution in [1.82, 2.24) is 0 Å². The third-order valence-corrected chi connectivity index (χ3v) is 1.15. The monoisotopic (exact) mass is 166 g/mol. The molecule has 1 heterocycles. The summed E-state index contributed by atoms with van der Waals surface area (Å²) in [5, 5.41) is 0. The molecule has 1 aliphatic heterocycles. The fraction of sp³-hybridized carbons (Fsp3) is 1.00. The molecule has 1 saturated heterocycles. The fourth-order valence-electron chi connectivity index (χ4n) is 0.906. The quantitative estimate of drug-likeness (QED) is 0.487. The van der Waals surface area contributed by atoms with Gasteiger partial charge in [-0.05, 0) is 20.5 Å². The zero-order valence-electron chi connectivity index (χ0n) is 6.31. The van der Waals surface area contributed by atoms with E-state index in [0.717, 1.165) is 0 Å². The molecular formula is C3H9ArB3O3. The molecule has 0 aliphatic carbocycles. The minimum absolute atomic E-state index is 0. The van der Waals surface area contributed by atoms with Crippen molar-refractivity contribution in [2.75, 3.05) is 0 Å². The van der Waals surface area contributed by atoms with Crippen LogP contribution in [0, 0.1) is 37.7 Å². The first-order valence-electron chi connectivity index (χ1n) is 3.15. The predicted octanol–water partition coefficient (Wildman–Crippen LogP) is 0.404. The molecule has 1 aliphatic rings. The zero-order chi connectivity index (χ0) is 6.85. The molecule has 1 fully saturated rings. The molecule has 0 atom stereocenters. The Morgan fingerprint density at radius 1 is 0.700 bits per heavy atom. The molecule has 0 unspecified atom stereocenters. The molecule has 0 amide bonds. The maximum absolute atomic E-state index is 5.11. The summed E-state index contributed by atoms with van der Waals surface area (Å²) in [6.45, 7) is 5.57. The van der Waals surface area contributed by atoms with Crippen LogP contribution < -0.4 is 0 Å². The second kappa shape index (κ2) is 5.06. The number of hydrogen-bond donors (Lipinski definition) is 0. The largest absolute Gasteiger partial charge is 0.453 e. The molecule has 0 bridgehead atoms. The standard InChI is InChI=1S/C3H9B3O3.Ar/c1-4-7-5(2)9-6(3)8-4;/h1-3H3;. The Bertz CT molecular complexity index is 80.0. The van der Waals surface area contributed by atoms with Gasteiger partial charge in [0.05, 0.1) is 0 Å². The molecule has 3 nitrogen and oxygen atoms in total. The van der Waals surface area contributed by atoms with Crippen LogP contribution in [0.25, 0.3) is 0 Å². The second-order valence-corrected chi connectivity index (χ2v) is 2.11. The minimum atomic E-state index is -0.135. The van der Waals surface area contributed by atoms with Gasteiger partial charge in [-0.25, -0.2) is 0 Å². The van der Waals surface area contributed by atoms with Gasteiger partial charge in [0.2, 0.25) is 0 Å². The first kappa shape index (κ1) is 11.3. The van der Waals surface area contributed by atoms with Gasteiger partial charge in [-0.2, -0.15) is 0 Å². The average molecular weight is 165 g/mol. The molecule has 0 spiro atoms. The summed E-state index contributed by atoms with van der Waals surface area (Å²) in [7, 11) is -0.406.